The number of ether oxygens (including phenoxy) is 3. The summed E-state index contributed by atoms with van der Waals surface area (Å²) >= 11 is 5.45. The molecule has 3 amide bonds. The van der Waals surface area contributed by atoms with E-state index in [-0.39, 0.29) is 41.2 Å². The number of methoxy groups -OCH3 is 1. The number of amides is 3. The second-order valence-corrected chi connectivity index (χ2v) is 8.41. The Morgan fingerprint density at radius 2 is 2.07 bits per heavy atom. The Labute approximate surface area is 165 Å². The van der Waals surface area contributed by atoms with Crippen molar-refractivity contribution < 1.29 is 23.8 Å². The molecule has 1 spiro atoms. The molecule has 0 aromatic carbocycles. The standard InChI is InChI=1S/C19H29ClN2O5/c1-11(2)5-6-13-18(3,27-13)16-15(25-4)12(7-8-19(16)10-26-19)21-17(24)22-14(23)9-20/h5,12-13,15-16H,6-10H2,1-4H3,(H2,21,22,23,24)/t12-,13-,15-,16-,18?,19+/m1/s1. The van der Waals surface area contributed by atoms with E-state index in [1.165, 1.54) is 5.57 Å². The van der Waals surface area contributed by atoms with Crippen LogP contribution in [0.5, 0.6) is 0 Å². The molecule has 1 saturated carbocycles. The topological polar surface area (TPSA) is 92.5 Å². The van der Waals surface area contributed by atoms with Gasteiger partial charge in [0.2, 0.25) is 5.91 Å². The van der Waals surface area contributed by atoms with E-state index in [9.17, 15) is 9.59 Å². The molecule has 6 atom stereocenters. The van der Waals surface area contributed by atoms with Gasteiger partial charge in [0.25, 0.3) is 0 Å². The van der Waals surface area contributed by atoms with Crippen LogP contribution in [0.2, 0.25) is 0 Å². The first-order valence-corrected chi connectivity index (χ1v) is 9.93. The number of hydrogen-bond acceptors (Lipinski definition) is 5. The summed E-state index contributed by atoms with van der Waals surface area (Å²) < 4.78 is 17.9. The average Bonchev–Trinajstić information content (AvgIpc) is 3.52. The molecule has 0 bridgehead atoms. The van der Waals surface area contributed by atoms with E-state index in [0.717, 1.165) is 12.8 Å². The van der Waals surface area contributed by atoms with Crippen LogP contribution >= 0.6 is 11.6 Å². The molecule has 8 heteroatoms. The molecule has 2 heterocycles. The first-order chi connectivity index (χ1) is 12.8. The number of alkyl halides is 1. The highest BCUT2D eigenvalue weighted by Gasteiger charge is 2.71. The molecule has 2 saturated heterocycles. The van der Waals surface area contributed by atoms with Crippen LogP contribution in [0.4, 0.5) is 4.79 Å². The molecule has 0 aromatic heterocycles. The van der Waals surface area contributed by atoms with Gasteiger partial charge in [-0.3, -0.25) is 10.1 Å². The van der Waals surface area contributed by atoms with Gasteiger partial charge in [-0.1, -0.05) is 11.6 Å². The first kappa shape index (κ1) is 20.6. The van der Waals surface area contributed by atoms with Crippen LogP contribution < -0.4 is 10.6 Å². The van der Waals surface area contributed by atoms with Gasteiger partial charge in [-0.25, -0.2) is 4.79 Å². The summed E-state index contributed by atoms with van der Waals surface area (Å²) in [5.74, 6) is -0.784. The van der Waals surface area contributed by atoms with Crippen LogP contribution in [0.15, 0.2) is 11.6 Å². The van der Waals surface area contributed by atoms with Gasteiger partial charge in [-0.05, 0) is 40.0 Å². The Balaban J connectivity index is 1.73. The normalized spacial score (nSPS) is 39.6. The molecule has 27 heavy (non-hydrogen) atoms. The van der Waals surface area contributed by atoms with Gasteiger partial charge in [0.15, 0.2) is 0 Å². The first-order valence-electron chi connectivity index (χ1n) is 9.40. The zero-order chi connectivity index (χ0) is 19.8. The third-order valence-electron chi connectivity index (χ3n) is 5.98. The Hall–Kier alpha value is -1.15. The highest BCUT2D eigenvalue weighted by atomic mass is 35.5. The van der Waals surface area contributed by atoms with Crippen LogP contribution in [-0.4, -0.2) is 61.0 Å². The molecule has 152 valence electrons. The van der Waals surface area contributed by atoms with Gasteiger partial charge in [-0.15, -0.1) is 11.6 Å². The molecular weight excluding hydrogens is 372 g/mol. The lowest BCUT2D eigenvalue weighted by Gasteiger charge is -2.43. The van der Waals surface area contributed by atoms with Crippen molar-refractivity contribution in [1.82, 2.24) is 10.6 Å². The van der Waals surface area contributed by atoms with Crippen LogP contribution in [0.1, 0.15) is 40.0 Å². The van der Waals surface area contributed by atoms with E-state index < -0.39 is 11.9 Å². The largest absolute Gasteiger partial charge is 0.379 e. The molecule has 1 aliphatic carbocycles. The zero-order valence-electron chi connectivity index (χ0n) is 16.3. The summed E-state index contributed by atoms with van der Waals surface area (Å²) in [6.07, 6.45) is 4.42. The number of imide groups is 1. The minimum atomic E-state index is -0.554. The summed E-state index contributed by atoms with van der Waals surface area (Å²) in [5, 5.41) is 5.09. The molecule has 3 aliphatic rings. The second kappa shape index (κ2) is 7.70. The maximum Gasteiger partial charge on any atom is 0.321 e. The molecule has 0 aromatic rings. The van der Waals surface area contributed by atoms with E-state index in [1.807, 2.05) is 0 Å². The van der Waals surface area contributed by atoms with Crippen LogP contribution in [0.3, 0.4) is 0 Å². The lowest BCUT2D eigenvalue weighted by Crippen LogP contribution is -2.60. The van der Waals surface area contributed by atoms with Gasteiger partial charge in [-0.2, -0.15) is 0 Å². The summed E-state index contributed by atoms with van der Waals surface area (Å²) in [6, 6.07) is -0.787. The molecule has 3 fully saturated rings. The van der Waals surface area contributed by atoms with Crippen molar-refractivity contribution in [3.8, 4) is 0 Å². The van der Waals surface area contributed by atoms with E-state index in [2.05, 4.69) is 37.5 Å². The SMILES string of the molecule is CO[C@H]1[C@H](C2(C)O[C@@H]2CC=C(C)C)[C@]2(CC[C@H]1NC(=O)NC(=O)CCl)CO2. The summed E-state index contributed by atoms with van der Waals surface area (Å²) in [4.78, 5) is 23.5. The van der Waals surface area contributed by atoms with Crippen LogP contribution in [0, 0.1) is 5.92 Å². The molecule has 3 rings (SSSR count). The highest BCUT2D eigenvalue weighted by molar-refractivity contribution is 6.28. The lowest BCUT2D eigenvalue weighted by atomic mass is 9.67. The van der Waals surface area contributed by atoms with Crippen molar-refractivity contribution in [1.29, 1.82) is 0 Å². The number of carbonyl (C=O) groups excluding carboxylic acids is 2. The van der Waals surface area contributed by atoms with Crippen LogP contribution in [-0.2, 0) is 19.0 Å². The number of nitrogens with one attached hydrogen (secondary N) is 2. The monoisotopic (exact) mass is 400 g/mol. The van der Waals surface area contributed by atoms with Crippen molar-refractivity contribution in [3.05, 3.63) is 11.6 Å². The number of rotatable bonds is 6. The van der Waals surface area contributed by atoms with Gasteiger partial charge >= 0.3 is 6.03 Å². The number of carbonyl (C=O) groups is 2. The minimum Gasteiger partial charge on any atom is -0.379 e. The van der Waals surface area contributed by atoms with Crippen molar-refractivity contribution >= 4 is 23.5 Å². The van der Waals surface area contributed by atoms with E-state index >= 15 is 0 Å². The molecule has 2 N–H and O–H groups in total. The van der Waals surface area contributed by atoms with Crippen molar-refractivity contribution in [2.24, 2.45) is 5.92 Å². The van der Waals surface area contributed by atoms with Crippen molar-refractivity contribution in [2.45, 2.75) is 69.5 Å². The second-order valence-electron chi connectivity index (χ2n) is 8.14. The number of hydrogen-bond donors (Lipinski definition) is 2. The molecule has 7 nitrogen and oxygen atoms in total. The van der Waals surface area contributed by atoms with E-state index in [4.69, 9.17) is 25.8 Å². The van der Waals surface area contributed by atoms with E-state index in [0.29, 0.717) is 13.0 Å². The summed E-state index contributed by atoms with van der Waals surface area (Å²) in [6.45, 7) is 6.94. The smallest absolute Gasteiger partial charge is 0.321 e. The Morgan fingerprint density at radius 1 is 1.37 bits per heavy atom. The highest BCUT2D eigenvalue weighted by Crippen LogP contribution is 2.59. The average molecular weight is 401 g/mol. The molecule has 2 aliphatic heterocycles. The van der Waals surface area contributed by atoms with Gasteiger partial charge in [0.1, 0.15) is 11.5 Å². The maximum atomic E-state index is 12.1. The molecular formula is C19H29ClN2O5. The lowest BCUT2D eigenvalue weighted by molar-refractivity contribution is -0.117. The van der Waals surface area contributed by atoms with Crippen LogP contribution in [0.25, 0.3) is 0 Å². The maximum absolute atomic E-state index is 12.1. The third-order valence-corrected chi connectivity index (χ3v) is 6.23. The predicted molar refractivity (Wildman–Crippen MR) is 101 cm³/mol. The number of epoxide rings is 2. The predicted octanol–water partition coefficient (Wildman–Crippen LogP) is 2.13. The van der Waals surface area contributed by atoms with Crippen molar-refractivity contribution in [2.75, 3.05) is 19.6 Å². The van der Waals surface area contributed by atoms with Crippen molar-refractivity contribution in [3.63, 3.8) is 0 Å². The van der Waals surface area contributed by atoms with Gasteiger partial charge in [0.05, 0.1) is 30.5 Å². The van der Waals surface area contributed by atoms with E-state index in [1.54, 1.807) is 7.11 Å². The fourth-order valence-corrected chi connectivity index (χ4v) is 4.57. The molecule has 0 radical (unpaired) electrons. The van der Waals surface area contributed by atoms with Gasteiger partial charge in [0, 0.05) is 13.0 Å². The quantitative estimate of drug-likeness (QED) is 0.405. The number of urea groups is 1. The molecule has 1 unspecified atom stereocenters. The number of halogens is 1. The summed E-state index contributed by atoms with van der Waals surface area (Å²) in [7, 11) is 1.65. The Kier molecular flexibility index (Phi) is 5.87. The zero-order valence-corrected chi connectivity index (χ0v) is 17.1. The number of allylic oxidation sites excluding steroid dienone is 1. The fourth-order valence-electron chi connectivity index (χ4n) is 4.51. The minimum absolute atomic E-state index is 0.00772. The Morgan fingerprint density at radius 3 is 2.63 bits per heavy atom. The Bertz CT molecular complexity index is 632. The van der Waals surface area contributed by atoms with Gasteiger partial charge < -0.3 is 19.5 Å². The third kappa shape index (κ3) is 4.16. The fraction of sp³-hybridized carbons (Fsp3) is 0.789. The summed E-state index contributed by atoms with van der Waals surface area (Å²) in [5.41, 5.74) is 0.666.